The average Bonchev–Trinajstić information content (AvgIpc) is 2.17. The van der Waals surface area contributed by atoms with Gasteiger partial charge in [-0.15, -0.1) is 0 Å². The van der Waals surface area contributed by atoms with E-state index in [4.69, 9.17) is 0 Å². The van der Waals surface area contributed by atoms with Crippen molar-refractivity contribution in [2.45, 2.75) is 25.6 Å². The van der Waals surface area contributed by atoms with E-state index < -0.39 is 17.6 Å². The first kappa shape index (κ1) is 13.0. The summed E-state index contributed by atoms with van der Waals surface area (Å²) in [6, 6.07) is 2.34. The summed E-state index contributed by atoms with van der Waals surface area (Å²) in [6.45, 7) is 1.82. The lowest BCUT2D eigenvalue weighted by molar-refractivity contribution is -0.137. The first-order valence-electron chi connectivity index (χ1n) is 4.93. The summed E-state index contributed by atoms with van der Waals surface area (Å²) in [5.41, 5.74) is -0.631. The Morgan fingerprint density at radius 2 is 1.88 bits per heavy atom. The monoisotopic (exact) mass is 235 g/mol. The van der Waals surface area contributed by atoms with E-state index in [1.165, 1.54) is 0 Å². The van der Waals surface area contributed by atoms with Gasteiger partial charge in [-0.05, 0) is 37.2 Å². The van der Waals surface area contributed by atoms with Crippen molar-refractivity contribution in [1.82, 2.24) is 5.32 Å². The molecule has 0 aromatic heterocycles. The molecule has 1 atom stereocenters. The Kier molecular flexibility index (Phi) is 3.91. The van der Waals surface area contributed by atoms with Crippen molar-refractivity contribution in [3.8, 4) is 0 Å². The summed E-state index contributed by atoms with van der Waals surface area (Å²) < 4.78 is 50.4. The third-order valence-electron chi connectivity index (χ3n) is 2.41. The quantitative estimate of drug-likeness (QED) is 0.790. The van der Waals surface area contributed by atoms with Gasteiger partial charge in [0, 0.05) is 6.04 Å². The average molecular weight is 235 g/mol. The number of rotatable bonds is 3. The minimum Gasteiger partial charge on any atom is -0.313 e. The van der Waals surface area contributed by atoms with Crippen LogP contribution in [0, 0.1) is 5.82 Å². The van der Waals surface area contributed by atoms with Crippen LogP contribution in [-0.4, -0.2) is 7.05 Å². The molecule has 0 amide bonds. The lowest BCUT2D eigenvalue weighted by atomic mass is 10.0. The molecule has 0 heterocycles. The van der Waals surface area contributed by atoms with Crippen molar-refractivity contribution in [2.75, 3.05) is 7.05 Å². The summed E-state index contributed by atoms with van der Waals surface area (Å²) >= 11 is 0. The third kappa shape index (κ3) is 2.95. The van der Waals surface area contributed by atoms with Gasteiger partial charge in [-0.2, -0.15) is 13.2 Å². The van der Waals surface area contributed by atoms with E-state index in [2.05, 4.69) is 5.32 Å². The topological polar surface area (TPSA) is 12.0 Å². The second kappa shape index (κ2) is 4.82. The zero-order valence-corrected chi connectivity index (χ0v) is 9.03. The molecule has 0 aliphatic rings. The van der Waals surface area contributed by atoms with E-state index in [-0.39, 0.29) is 6.04 Å². The molecule has 0 radical (unpaired) electrons. The number of alkyl halides is 3. The maximum absolute atomic E-state index is 13.1. The molecule has 1 rings (SSSR count). The van der Waals surface area contributed by atoms with Gasteiger partial charge in [-0.3, -0.25) is 0 Å². The van der Waals surface area contributed by atoms with Crippen LogP contribution < -0.4 is 5.32 Å². The molecular weight excluding hydrogens is 222 g/mol. The Bertz CT molecular complexity index is 355. The SMILES string of the molecule is CCC(NC)c1cc(F)cc(C(F)(F)F)c1. The fraction of sp³-hybridized carbons (Fsp3) is 0.455. The van der Waals surface area contributed by atoms with Crippen LogP contribution in [-0.2, 0) is 6.18 Å². The van der Waals surface area contributed by atoms with Gasteiger partial charge in [-0.25, -0.2) is 4.39 Å². The summed E-state index contributed by atoms with van der Waals surface area (Å²) in [4.78, 5) is 0. The highest BCUT2D eigenvalue weighted by atomic mass is 19.4. The normalized spacial score (nSPS) is 13.9. The molecule has 1 aromatic carbocycles. The largest absolute Gasteiger partial charge is 0.416 e. The molecule has 1 unspecified atom stereocenters. The molecule has 1 aromatic rings. The summed E-state index contributed by atoms with van der Waals surface area (Å²) in [5, 5.41) is 2.84. The second-order valence-corrected chi connectivity index (χ2v) is 3.52. The summed E-state index contributed by atoms with van der Waals surface area (Å²) in [5.74, 6) is -0.862. The van der Waals surface area contributed by atoms with Gasteiger partial charge in [0.1, 0.15) is 5.82 Å². The highest BCUT2D eigenvalue weighted by Gasteiger charge is 2.31. The van der Waals surface area contributed by atoms with E-state index in [9.17, 15) is 17.6 Å². The molecule has 0 spiro atoms. The fourth-order valence-corrected chi connectivity index (χ4v) is 1.58. The van der Waals surface area contributed by atoms with Crippen LogP contribution >= 0.6 is 0 Å². The lowest BCUT2D eigenvalue weighted by Crippen LogP contribution is -2.16. The Hall–Kier alpha value is -1.10. The Labute approximate surface area is 91.5 Å². The van der Waals surface area contributed by atoms with Crippen LogP contribution in [0.3, 0.4) is 0 Å². The molecule has 0 bridgehead atoms. The lowest BCUT2D eigenvalue weighted by Gasteiger charge is -2.16. The van der Waals surface area contributed by atoms with Gasteiger partial charge >= 0.3 is 6.18 Å². The molecule has 0 fully saturated rings. The zero-order valence-electron chi connectivity index (χ0n) is 9.03. The number of hydrogen-bond acceptors (Lipinski definition) is 1. The maximum Gasteiger partial charge on any atom is 0.416 e. The van der Waals surface area contributed by atoms with E-state index >= 15 is 0 Å². The third-order valence-corrected chi connectivity index (χ3v) is 2.41. The van der Waals surface area contributed by atoms with E-state index in [1.807, 2.05) is 6.92 Å². The van der Waals surface area contributed by atoms with E-state index in [0.29, 0.717) is 18.1 Å². The smallest absolute Gasteiger partial charge is 0.313 e. The van der Waals surface area contributed by atoms with Crippen LogP contribution in [0.15, 0.2) is 18.2 Å². The van der Waals surface area contributed by atoms with Crippen LogP contribution in [0.5, 0.6) is 0 Å². The Balaban J connectivity index is 3.17. The molecule has 0 saturated heterocycles. The van der Waals surface area contributed by atoms with Gasteiger partial charge in [0.05, 0.1) is 5.56 Å². The number of halogens is 4. The molecule has 16 heavy (non-hydrogen) atoms. The van der Waals surface area contributed by atoms with E-state index in [1.54, 1.807) is 7.05 Å². The molecule has 90 valence electrons. The van der Waals surface area contributed by atoms with Crippen molar-refractivity contribution >= 4 is 0 Å². The van der Waals surface area contributed by atoms with Crippen LogP contribution in [0.2, 0.25) is 0 Å². The van der Waals surface area contributed by atoms with Crippen LogP contribution in [0.4, 0.5) is 17.6 Å². The maximum atomic E-state index is 13.1. The number of hydrogen-bond donors (Lipinski definition) is 1. The standard InChI is InChI=1S/C11H13F4N/c1-3-10(16-2)7-4-8(11(13,14)15)6-9(12)5-7/h4-6,10,16H,3H2,1-2H3. The van der Waals surface area contributed by atoms with Crippen molar-refractivity contribution in [3.05, 3.63) is 35.1 Å². The van der Waals surface area contributed by atoms with Gasteiger partial charge in [0.15, 0.2) is 0 Å². The van der Waals surface area contributed by atoms with Crippen LogP contribution in [0.1, 0.15) is 30.5 Å². The molecular formula is C11H13F4N. The molecule has 0 saturated carbocycles. The highest BCUT2D eigenvalue weighted by molar-refractivity contribution is 5.29. The minimum atomic E-state index is -4.51. The predicted molar refractivity (Wildman–Crippen MR) is 53.5 cm³/mol. The molecule has 5 heteroatoms. The number of nitrogens with one attached hydrogen (secondary N) is 1. The molecule has 1 N–H and O–H groups in total. The van der Waals surface area contributed by atoms with Gasteiger partial charge in [0.25, 0.3) is 0 Å². The molecule has 0 aliphatic carbocycles. The van der Waals surface area contributed by atoms with Crippen molar-refractivity contribution in [1.29, 1.82) is 0 Å². The Morgan fingerprint density at radius 1 is 1.25 bits per heavy atom. The van der Waals surface area contributed by atoms with E-state index in [0.717, 1.165) is 12.1 Å². The van der Waals surface area contributed by atoms with Crippen molar-refractivity contribution < 1.29 is 17.6 Å². The second-order valence-electron chi connectivity index (χ2n) is 3.52. The van der Waals surface area contributed by atoms with Gasteiger partial charge in [-0.1, -0.05) is 6.92 Å². The molecule has 1 nitrogen and oxygen atoms in total. The minimum absolute atomic E-state index is 0.267. The predicted octanol–water partition coefficient (Wildman–Crippen LogP) is 3.52. The van der Waals surface area contributed by atoms with Gasteiger partial charge < -0.3 is 5.32 Å². The van der Waals surface area contributed by atoms with Crippen molar-refractivity contribution in [2.24, 2.45) is 0 Å². The van der Waals surface area contributed by atoms with Gasteiger partial charge in [0.2, 0.25) is 0 Å². The summed E-state index contributed by atoms with van der Waals surface area (Å²) in [7, 11) is 1.63. The zero-order chi connectivity index (χ0) is 12.3. The highest BCUT2D eigenvalue weighted by Crippen LogP contribution is 2.32. The summed E-state index contributed by atoms with van der Waals surface area (Å²) in [6.07, 6.45) is -3.92. The van der Waals surface area contributed by atoms with Crippen molar-refractivity contribution in [3.63, 3.8) is 0 Å². The van der Waals surface area contributed by atoms with Crippen LogP contribution in [0.25, 0.3) is 0 Å². The Morgan fingerprint density at radius 3 is 2.31 bits per heavy atom. The fourth-order valence-electron chi connectivity index (χ4n) is 1.58. The first-order valence-corrected chi connectivity index (χ1v) is 4.93. The molecule has 0 aliphatic heterocycles. The number of benzene rings is 1. The first-order chi connectivity index (χ1) is 7.38.